The molecule has 6 nitrogen and oxygen atoms in total. The average Bonchev–Trinajstić information content (AvgIpc) is 3.16. The van der Waals surface area contributed by atoms with Gasteiger partial charge in [0.2, 0.25) is 0 Å². The van der Waals surface area contributed by atoms with Crippen molar-refractivity contribution in [3.8, 4) is 11.3 Å². The van der Waals surface area contributed by atoms with Crippen molar-refractivity contribution < 1.29 is 4.74 Å². The average molecular weight is 390 g/mol. The van der Waals surface area contributed by atoms with Crippen LogP contribution in [0.2, 0.25) is 30.7 Å². The Morgan fingerprint density at radius 2 is 2.00 bits per heavy atom. The molecule has 0 bridgehead atoms. The molecule has 3 aromatic rings. The standard InChI is InChI=1S/C18H24ClN5OSi/c1-26(2,3)9-8-25-12-23-18-15(10-20-23)14(6-7-16(18)19)17-11-21-24(22-17)13-4-5-13/h6-7,10-11,13H,4-5,8-9,12H2,1-3H3. The van der Waals surface area contributed by atoms with Crippen LogP contribution in [-0.4, -0.2) is 39.5 Å². The van der Waals surface area contributed by atoms with Crippen LogP contribution in [0, 0.1) is 0 Å². The van der Waals surface area contributed by atoms with Crippen molar-refractivity contribution >= 4 is 30.6 Å². The van der Waals surface area contributed by atoms with E-state index in [2.05, 4.69) is 34.9 Å². The second-order valence-electron chi connectivity index (χ2n) is 8.13. The number of rotatable bonds is 7. The van der Waals surface area contributed by atoms with Gasteiger partial charge in [0.05, 0.1) is 29.0 Å². The van der Waals surface area contributed by atoms with Gasteiger partial charge < -0.3 is 4.74 Å². The Balaban J connectivity index is 1.58. The van der Waals surface area contributed by atoms with E-state index in [9.17, 15) is 0 Å². The van der Waals surface area contributed by atoms with E-state index in [0.717, 1.165) is 47.7 Å². The monoisotopic (exact) mass is 389 g/mol. The molecule has 0 amide bonds. The topological polar surface area (TPSA) is 57.8 Å². The molecule has 138 valence electrons. The Kier molecular flexibility index (Phi) is 4.62. The minimum absolute atomic E-state index is 0.409. The van der Waals surface area contributed by atoms with E-state index in [-0.39, 0.29) is 0 Å². The molecule has 0 aliphatic heterocycles. The molecule has 8 heteroatoms. The Morgan fingerprint density at radius 1 is 1.19 bits per heavy atom. The molecule has 1 saturated carbocycles. The number of fused-ring (bicyclic) bond motifs is 1. The van der Waals surface area contributed by atoms with E-state index < -0.39 is 8.07 Å². The number of halogens is 1. The van der Waals surface area contributed by atoms with Gasteiger partial charge in [-0.05, 0) is 25.0 Å². The predicted molar refractivity (Wildman–Crippen MR) is 106 cm³/mol. The summed E-state index contributed by atoms with van der Waals surface area (Å²) in [7, 11) is -1.10. The highest BCUT2D eigenvalue weighted by atomic mass is 35.5. The van der Waals surface area contributed by atoms with Gasteiger partial charge in [-0.1, -0.05) is 37.3 Å². The molecule has 2 heterocycles. The number of benzene rings is 1. The third-order valence-electron chi connectivity index (χ3n) is 4.62. The van der Waals surface area contributed by atoms with E-state index >= 15 is 0 Å². The lowest BCUT2D eigenvalue weighted by Crippen LogP contribution is -2.22. The van der Waals surface area contributed by atoms with Crippen molar-refractivity contribution in [2.75, 3.05) is 6.61 Å². The normalized spacial score (nSPS) is 15.1. The molecule has 1 aromatic carbocycles. The molecule has 0 N–H and O–H groups in total. The van der Waals surface area contributed by atoms with Gasteiger partial charge in [0, 0.05) is 25.6 Å². The first-order valence-electron chi connectivity index (χ1n) is 9.06. The van der Waals surface area contributed by atoms with Gasteiger partial charge in [0.15, 0.2) is 0 Å². The molecule has 2 aromatic heterocycles. The summed E-state index contributed by atoms with van der Waals surface area (Å²) in [6, 6.07) is 5.49. The lowest BCUT2D eigenvalue weighted by Gasteiger charge is -2.15. The zero-order valence-electron chi connectivity index (χ0n) is 15.4. The van der Waals surface area contributed by atoms with E-state index in [1.165, 1.54) is 0 Å². The molecule has 1 fully saturated rings. The minimum Gasteiger partial charge on any atom is -0.360 e. The Hall–Kier alpha value is -1.70. The fourth-order valence-corrected chi connectivity index (χ4v) is 3.91. The zero-order valence-corrected chi connectivity index (χ0v) is 17.2. The first-order valence-corrected chi connectivity index (χ1v) is 13.1. The van der Waals surface area contributed by atoms with Crippen LogP contribution < -0.4 is 0 Å². The van der Waals surface area contributed by atoms with Gasteiger partial charge in [0.1, 0.15) is 12.4 Å². The van der Waals surface area contributed by atoms with E-state index in [0.29, 0.717) is 17.8 Å². The van der Waals surface area contributed by atoms with E-state index in [1.807, 2.05) is 34.0 Å². The summed E-state index contributed by atoms with van der Waals surface area (Å²) >= 11 is 6.46. The highest BCUT2D eigenvalue weighted by Gasteiger charge is 2.26. The van der Waals surface area contributed by atoms with Crippen molar-refractivity contribution in [2.45, 2.75) is 51.3 Å². The summed E-state index contributed by atoms with van der Waals surface area (Å²) in [6.07, 6.45) is 5.99. The predicted octanol–water partition coefficient (Wildman–Crippen LogP) is 4.60. The summed E-state index contributed by atoms with van der Waals surface area (Å²) < 4.78 is 7.68. The van der Waals surface area contributed by atoms with Crippen LogP contribution in [0.4, 0.5) is 0 Å². The molecule has 0 radical (unpaired) electrons. The SMILES string of the molecule is C[Si](C)(C)CCOCn1ncc2c(-c3cnn(C4CC4)n3)ccc(Cl)c21. The van der Waals surface area contributed by atoms with Crippen LogP contribution in [0.3, 0.4) is 0 Å². The largest absolute Gasteiger partial charge is 0.360 e. The fraction of sp³-hybridized carbons (Fsp3) is 0.500. The summed E-state index contributed by atoms with van der Waals surface area (Å²) in [5.74, 6) is 0. The van der Waals surface area contributed by atoms with Crippen LogP contribution in [-0.2, 0) is 11.5 Å². The lowest BCUT2D eigenvalue weighted by molar-refractivity contribution is 0.0817. The van der Waals surface area contributed by atoms with Crippen molar-refractivity contribution in [3.63, 3.8) is 0 Å². The second kappa shape index (κ2) is 6.79. The molecule has 0 unspecified atom stereocenters. The summed E-state index contributed by atoms with van der Waals surface area (Å²) in [6.45, 7) is 8.20. The van der Waals surface area contributed by atoms with Gasteiger partial charge >= 0.3 is 0 Å². The Morgan fingerprint density at radius 3 is 2.73 bits per heavy atom. The van der Waals surface area contributed by atoms with Crippen molar-refractivity contribution in [1.29, 1.82) is 0 Å². The van der Waals surface area contributed by atoms with Crippen LogP contribution in [0.1, 0.15) is 18.9 Å². The third kappa shape index (κ3) is 3.70. The minimum atomic E-state index is -1.10. The number of hydrogen-bond acceptors (Lipinski definition) is 4. The van der Waals surface area contributed by atoms with Gasteiger partial charge in [-0.2, -0.15) is 20.1 Å². The highest BCUT2D eigenvalue weighted by Crippen LogP contribution is 2.35. The van der Waals surface area contributed by atoms with Crippen LogP contribution >= 0.6 is 11.6 Å². The molecule has 0 atom stereocenters. The molecule has 0 spiro atoms. The number of aromatic nitrogens is 5. The maximum Gasteiger partial charge on any atom is 0.140 e. The quantitative estimate of drug-likeness (QED) is 0.437. The lowest BCUT2D eigenvalue weighted by atomic mass is 10.1. The number of hydrogen-bond donors (Lipinski definition) is 0. The van der Waals surface area contributed by atoms with Crippen molar-refractivity contribution in [1.82, 2.24) is 24.8 Å². The number of nitrogens with zero attached hydrogens (tertiary/aromatic N) is 5. The van der Waals surface area contributed by atoms with Gasteiger partial charge in [-0.3, -0.25) is 0 Å². The molecule has 1 aliphatic rings. The fourth-order valence-electron chi connectivity index (χ4n) is 2.89. The molecule has 1 aliphatic carbocycles. The zero-order chi connectivity index (χ0) is 18.3. The van der Waals surface area contributed by atoms with Crippen LogP contribution in [0.25, 0.3) is 22.2 Å². The van der Waals surface area contributed by atoms with E-state index in [1.54, 1.807) is 0 Å². The molecule has 4 rings (SSSR count). The Labute approximate surface area is 159 Å². The second-order valence-corrected chi connectivity index (χ2v) is 14.2. The maximum absolute atomic E-state index is 6.46. The van der Waals surface area contributed by atoms with Crippen LogP contribution in [0.15, 0.2) is 24.5 Å². The summed E-state index contributed by atoms with van der Waals surface area (Å²) in [5, 5.41) is 15.2. The van der Waals surface area contributed by atoms with Gasteiger partial charge in [0.25, 0.3) is 0 Å². The highest BCUT2D eigenvalue weighted by molar-refractivity contribution is 6.76. The maximum atomic E-state index is 6.46. The van der Waals surface area contributed by atoms with Gasteiger partial charge in [-0.15, -0.1) is 0 Å². The third-order valence-corrected chi connectivity index (χ3v) is 6.63. The first kappa shape index (κ1) is 17.7. The number of ether oxygens (including phenoxy) is 1. The molecular weight excluding hydrogens is 366 g/mol. The molecule has 26 heavy (non-hydrogen) atoms. The van der Waals surface area contributed by atoms with Crippen molar-refractivity contribution in [2.24, 2.45) is 0 Å². The summed E-state index contributed by atoms with van der Waals surface area (Å²) in [5.41, 5.74) is 2.75. The van der Waals surface area contributed by atoms with Crippen LogP contribution in [0.5, 0.6) is 0 Å². The summed E-state index contributed by atoms with van der Waals surface area (Å²) in [4.78, 5) is 1.82. The van der Waals surface area contributed by atoms with E-state index in [4.69, 9.17) is 16.3 Å². The molecule has 0 saturated heterocycles. The molecular formula is C18H24ClN5OSi. The smallest absolute Gasteiger partial charge is 0.140 e. The van der Waals surface area contributed by atoms with Gasteiger partial charge in [-0.25, -0.2) is 4.68 Å². The Bertz CT molecular complexity index is 925. The van der Waals surface area contributed by atoms with Crippen molar-refractivity contribution in [3.05, 3.63) is 29.5 Å². The first-order chi connectivity index (χ1) is 12.4.